The van der Waals surface area contributed by atoms with Gasteiger partial charge in [0, 0.05) is 12.6 Å². The van der Waals surface area contributed by atoms with Crippen molar-refractivity contribution in [1.82, 2.24) is 4.90 Å². The highest BCUT2D eigenvalue weighted by Gasteiger charge is 2.38. The van der Waals surface area contributed by atoms with Crippen LogP contribution in [0.25, 0.3) is 0 Å². The second-order valence-corrected chi connectivity index (χ2v) is 6.05. The van der Waals surface area contributed by atoms with E-state index in [1.165, 1.54) is 18.0 Å². The normalized spacial score (nSPS) is 23.7. The van der Waals surface area contributed by atoms with Crippen LogP contribution in [-0.2, 0) is 4.74 Å². The summed E-state index contributed by atoms with van der Waals surface area (Å²) in [5.74, 6) is -0.446. The van der Waals surface area contributed by atoms with Crippen LogP contribution in [-0.4, -0.2) is 41.6 Å². The van der Waals surface area contributed by atoms with Crippen LogP contribution in [0.1, 0.15) is 34.1 Å². The average Bonchev–Trinajstić information content (AvgIpc) is 2.68. The van der Waals surface area contributed by atoms with Crippen LogP contribution in [0.15, 0.2) is 29.2 Å². The van der Waals surface area contributed by atoms with E-state index in [4.69, 9.17) is 4.74 Å². The molecule has 1 aliphatic rings. The van der Waals surface area contributed by atoms with Crippen LogP contribution in [0.4, 0.5) is 13.6 Å². The number of aliphatic imine (C=N–C) groups is 1. The van der Waals surface area contributed by atoms with E-state index in [2.05, 4.69) is 11.6 Å². The third-order valence-corrected chi connectivity index (χ3v) is 2.80. The number of carbonyl (C=O) groups excluding carboxylic acids is 1. The van der Waals surface area contributed by atoms with E-state index in [1.54, 1.807) is 20.8 Å². The molecule has 6 heteroatoms. The molecule has 0 bridgehead atoms. The molecular formula is C15H22F2N2O2. The summed E-state index contributed by atoms with van der Waals surface area (Å²) < 4.78 is 31.4. The van der Waals surface area contributed by atoms with Gasteiger partial charge in [0.05, 0.1) is 18.8 Å². The first-order chi connectivity index (χ1) is 9.60. The molecule has 1 aliphatic heterocycles. The summed E-state index contributed by atoms with van der Waals surface area (Å²) in [7, 11) is 0. The van der Waals surface area contributed by atoms with E-state index in [-0.39, 0.29) is 13.0 Å². The number of hydrogen-bond donors (Lipinski definition) is 0. The molecule has 1 amide bonds. The van der Waals surface area contributed by atoms with Gasteiger partial charge in [-0.15, -0.1) is 0 Å². The van der Waals surface area contributed by atoms with Crippen molar-refractivity contribution in [1.29, 1.82) is 0 Å². The van der Waals surface area contributed by atoms with Gasteiger partial charge in [0.1, 0.15) is 17.6 Å². The summed E-state index contributed by atoms with van der Waals surface area (Å²) in [5, 5.41) is 0. The third-order valence-electron chi connectivity index (χ3n) is 2.80. The van der Waals surface area contributed by atoms with Crippen molar-refractivity contribution in [2.75, 3.05) is 6.54 Å². The van der Waals surface area contributed by atoms with Crippen LogP contribution in [0.2, 0.25) is 0 Å². The predicted octanol–water partition coefficient (Wildman–Crippen LogP) is 3.79. The van der Waals surface area contributed by atoms with Crippen molar-refractivity contribution in [2.45, 2.75) is 51.9 Å². The van der Waals surface area contributed by atoms with E-state index in [1.807, 2.05) is 0 Å². The number of ether oxygens (including phenoxy) is 1. The minimum Gasteiger partial charge on any atom is -0.444 e. The molecule has 0 aromatic rings. The summed E-state index contributed by atoms with van der Waals surface area (Å²) in [6, 6.07) is -0.521. The highest BCUT2D eigenvalue weighted by molar-refractivity contribution is 5.82. The Kier molecular flexibility index (Phi) is 5.63. The minimum atomic E-state index is -1.13. The Morgan fingerprint density at radius 3 is 2.62 bits per heavy atom. The molecule has 1 saturated heterocycles. The molecule has 0 aliphatic carbocycles. The van der Waals surface area contributed by atoms with Crippen molar-refractivity contribution in [3.8, 4) is 0 Å². The van der Waals surface area contributed by atoms with E-state index in [0.717, 1.165) is 6.20 Å². The van der Waals surface area contributed by atoms with E-state index in [9.17, 15) is 13.6 Å². The zero-order valence-corrected chi connectivity index (χ0v) is 12.9. The number of amides is 1. The summed E-state index contributed by atoms with van der Waals surface area (Å²) in [5.41, 5.74) is -0.210. The Bertz CT molecular complexity index is 463. The number of alkyl halides is 1. The number of likely N-dealkylation sites (tertiary alicyclic amines) is 1. The number of carbonyl (C=O) groups is 1. The Morgan fingerprint density at radius 1 is 1.48 bits per heavy atom. The number of rotatable bonds is 3. The second-order valence-electron chi connectivity index (χ2n) is 6.05. The molecule has 2 atom stereocenters. The monoisotopic (exact) mass is 300 g/mol. The smallest absolute Gasteiger partial charge is 0.410 e. The summed E-state index contributed by atoms with van der Waals surface area (Å²) in [6.45, 7) is 10.2. The molecular weight excluding hydrogens is 278 g/mol. The van der Waals surface area contributed by atoms with Gasteiger partial charge in [0.2, 0.25) is 0 Å². The predicted molar refractivity (Wildman–Crippen MR) is 78.7 cm³/mol. The minimum absolute atomic E-state index is 0.0373. The summed E-state index contributed by atoms with van der Waals surface area (Å²) in [6.07, 6.45) is 0.793. The number of hydrogen-bond acceptors (Lipinski definition) is 3. The van der Waals surface area contributed by atoms with Crippen molar-refractivity contribution >= 4 is 12.3 Å². The van der Waals surface area contributed by atoms with E-state index >= 15 is 0 Å². The molecule has 1 heterocycles. The topological polar surface area (TPSA) is 41.9 Å². The molecule has 0 aromatic carbocycles. The van der Waals surface area contributed by atoms with Gasteiger partial charge in [-0.2, -0.15) is 0 Å². The molecule has 1 rings (SSSR count). The standard InChI is InChI=1S/C15H22F2N2O2/c1-10(7-18-8-11(2)16)13-6-12(17)9-19(13)14(20)21-15(3,4)5/h7-8,12-13H,1,6,9H2,2-5H3/b11-8+,18-7-/t12-,13+/m0/s1. The van der Waals surface area contributed by atoms with Gasteiger partial charge in [0.15, 0.2) is 0 Å². The fourth-order valence-corrected chi connectivity index (χ4v) is 1.98. The quantitative estimate of drug-likeness (QED) is 0.744. The van der Waals surface area contributed by atoms with Crippen LogP contribution < -0.4 is 0 Å². The maximum Gasteiger partial charge on any atom is 0.410 e. The molecule has 4 nitrogen and oxygen atoms in total. The van der Waals surface area contributed by atoms with Crippen molar-refractivity contribution < 1.29 is 18.3 Å². The van der Waals surface area contributed by atoms with Gasteiger partial charge in [-0.3, -0.25) is 9.89 Å². The van der Waals surface area contributed by atoms with Gasteiger partial charge < -0.3 is 4.74 Å². The largest absolute Gasteiger partial charge is 0.444 e. The van der Waals surface area contributed by atoms with Gasteiger partial charge in [-0.1, -0.05) is 6.58 Å². The Balaban J connectivity index is 2.79. The van der Waals surface area contributed by atoms with Gasteiger partial charge in [0.25, 0.3) is 0 Å². The van der Waals surface area contributed by atoms with Crippen LogP contribution in [0.5, 0.6) is 0 Å². The molecule has 0 aromatic heterocycles. The van der Waals surface area contributed by atoms with Crippen LogP contribution >= 0.6 is 0 Å². The Morgan fingerprint density at radius 2 is 2.10 bits per heavy atom. The number of halogens is 2. The number of nitrogens with zero attached hydrogens (tertiary/aromatic N) is 2. The second kappa shape index (κ2) is 6.83. The SMILES string of the molecule is C=C(/C=N\C=C(/C)F)[C@H]1C[C@H](F)CN1C(=O)OC(C)(C)C. The Labute approximate surface area is 124 Å². The fourth-order valence-electron chi connectivity index (χ4n) is 1.98. The van der Waals surface area contributed by atoms with Crippen LogP contribution in [0.3, 0.4) is 0 Å². The maximum absolute atomic E-state index is 13.6. The molecule has 0 N–H and O–H groups in total. The lowest BCUT2D eigenvalue weighted by Gasteiger charge is -2.28. The molecule has 0 radical (unpaired) electrons. The summed E-state index contributed by atoms with van der Waals surface area (Å²) in [4.78, 5) is 17.1. The van der Waals surface area contributed by atoms with E-state index in [0.29, 0.717) is 5.57 Å². The molecule has 1 fully saturated rings. The van der Waals surface area contributed by atoms with Gasteiger partial charge in [-0.05, 0) is 33.3 Å². The molecule has 0 spiro atoms. The first kappa shape index (κ1) is 17.3. The lowest BCUT2D eigenvalue weighted by atomic mass is 10.1. The first-order valence-electron chi connectivity index (χ1n) is 6.78. The lowest BCUT2D eigenvalue weighted by molar-refractivity contribution is 0.0244. The van der Waals surface area contributed by atoms with Crippen molar-refractivity contribution in [3.05, 3.63) is 24.2 Å². The maximum atomic E-state index is 13.6. The third kappa shape index (κ3) is 5.65. The molecule has 0 saturated carbocycles. The molecule has 0 unspecified atom stereocenters. The molecule has 118 valence electrons. The van der Waals surface area contributed by atoms with Gasteiger partial charge in [-0.25, -0.2) is 13.6 Å². The highest BCUT2D eigenvalue weighted by Crippen LogP contribution is 2.26. The van der Waals surface area contributed by atoms with Crippen LogP contribution in [0, 0.1) is 0 Å². The molecule has 21 heavy (non-hydrogen) atoms. The lowest BCUT2D eigenvalue weighted by Crippen LogP contribution is -2.40. The zero-order valence-electron chi connectivity index (χ0n) is 12.9. The summed E-state index contributed by atoms with van der Waals surface area (Å²) >= 11 is 0. The van der Waals surface area contributed by atoms with E-state index < -0.39 is 29.7 Å². The Hall–Kier alpha value is -1.72. The van der Waals surface area contributed by atoms with Crippen molar-refractivity contribution in [3.63, 3.8) is 0 Å². The van der Waals surface area contributed by atoms with Crippen molar-refractivity contribution in [2.24, 2.45) is 4.99 Å². The zero-order chi connectivity index (χ0) is 16.2. The number of allylic oxidation sites excluding steroid dienone is 1. The first-order valence-corrected chi connectivity index (χ1v) is 6.78. The fraction of sp³-hybridized carbons (Fsp3) is 0.600. The van der Waals surface area contributed by atoms with Gasteiger partial charge >= 0.3 is 6.09 Å². The average molecular weight is 300 g/mol. The highest BCUT2D eigenvalue weighted by atomic mass is 19.1.